The molecule has 20 heavy (non-hydrogen) atoms. The first-order chi connectivity index (χ1) is 9.26. The lowest BCUT2D eigenvalue weighted by Gasteiger charge is -2.31. The standard InChI is InChI=1S/C13H18N2O5/c1-13(2,12(18)19)15(3)10(16)6-7-14-11(17)9-5-4-8-20-9/h4-5,8H,6-7H2,1-3H3,(H,14,17)(H,18,19). The average Bonchev–Trinajstić information content (AvgIpc) is 2.91. The number of carbonyl (C=O) groups is 3. The van der Waals surface area contributed by atoms with E-state index in [1.807, 2.05) is 0 Å². The van der Waals surface area contributed by atoms with Crippen LogP contribution in [0.5, 0.6) is 0 Å². The van der Waals surface area contributed by atoms with Crippen molar-refractivity contribution >= 4 is 17.8 Å². The highest BCUT2D eigenvalue weighted by Gasteiger charge is 2.34. The normalized spacial score (nSPS) is 10.9. The largest absolute Gasteiger partial charge is 0.480 e. The van der Waals surface area contributed by atoms with Crippen LogP contribution in [0.3, 0.4) is 0 Å². The Kier molecular flexibility index (Phi) is 4.90. The van der Waals surface area contributed by atoms with E-state index in [1.165, 1.54) is 33.2 Å². The van der Waals surface area contributed by atoms with Crippen LogP contribution in [-0.2, 0) is 9.59 Å². The highest BCUT2D eigenvalue weighted by atomic mass is 16.4. The summed E-state index contributed by atoms with van der Waals surface area (Å²) >= 11 is 0. The molecule has 0 atom stereocenters. The molecule has 0 aliphatic heterocycles. The van der Waals surface area contributed by atoms with Gasteiger partial charge in [0, 0.05) is 20.0 Å². The summed E-state index contributed by atoms with van der Waals surface area (Å²) in [5.74, 6) is -1.70. The number of aliphatic carboxylic acids is 1. The van der Waals surface area contributed by atoms with Crippen LogP contribution >= 0.6 is 0 Å². The summed E-state index contributed by atoms with van der Waals surface area (Å²) < 4.78 is 4.90. The Bertz CT molecular complexity index is 493. The van der Waals surface area contributed by atoms with Crippen LogP contribution in [0, 0.1) is 0 Å². The van der Waals surface area contributed by atoms with Crippen molar-refractivity contribution < 1.29 is 23.9 Å². The van der Waals surface area contributed by atoms with Crippen LogP contribution in [0.2, 0.25) is 0 Å². The van der Waals surface area contributed by atoms with Crippen molar-refractivity contribution in [2.24, 2.45) is 0 Å². The molecule has 0 aliphatic carbocycles. The molecular formula is C13H18N2O5. The Balaban J connectivity index is 2.44. The quantitative estimate of drug-likeness (QED) is 0.801. The van der Waals surface area contributed by atoms with E-state index in [-0.39, 0.29) is 24.6 Å². The molecule has 0 bridgehead atoms. The number of hydrogen-bond acceptors (Lipinski definition) is 4. The van der Waals surface area contributed by atoms with Gasteiger partial charge in [-0.3, -0.25) is 9.59 Å². The molecule has 0 fully saturated rings. The second-order valence-electron chi connectivity index (χ2n) is 4.80. The molecule has 7 nitrogen and oxygen atoms in total. The van der Waals surface area contributed by atoms with Crippen molar-refractivity contribution in [1.82, 2.24) is 10.2 Å². The fourth-order valence-corrected chi connectivity index (χ4v) is 1.40. The van der Waals surface area contributed by atoms with Gasteiger partial charge < -0.3 is 19.7 Å². The maximum atomic E-state index is 11.8. The molecule has 1 aromatic rings. The number of carbonyl (C=O) groups excluding carboxylic acids is 2. The van der Waals surface area contributed by atoms with Crippen molar-refractivity contribution in [3.8, 4) is 0 Å². The number of amides is 2. The lowest BCUT2D eigenvalue weighted by molar-refractivity contribution is -0.155. The highest BCUT2D eigenvalue weighted by molar-refractivity contribution is 5.92. The lowest BCUT2D eigenvalue weighted by atomic mass is 10.0. The average molecular weight is 282 g/mol. The van der Waals surface area contributed by atoms with Gasteiger partial charge >= 0.3 is 5.97 Å². The number of rotatable bonds is 6. The lowest BCUT2D eigenvalue weighted by Crippen LogP contribution is -2.51. The van der Waals surface area contributed by atoms with Crippen molar-refractivity contribution in [2.75, 3.05) is 13.6 Å². The van der Waals surface area contributed by atoms with E-state index in [9.17, 15) is 14.4 Å². The molecule has 1 aromatic heterocycles. The number of carboxylic acid groups (broad SMARTS) is 1. The molecular weight excluding hydrogens is 264 g/mol. The maximum absolute atomic E-state index is 11.8. The van der Waals surface area contributed by atoms with Crippen LogP contribution in [0.25, 0.3) is 0 Å². The monoisotopic (exact) mass is 282 g/mol. The zero-order valence-corrected chi connectivity index (χ0v) is 11.7. The summed E-state index contributed by atoms with van der Waals surface area (Å²) in [6.45, 7) is 2.99. The molecule has 0 unspecified atom stereocenters. The first kappa shape index (κ1) is 15.7. The zero-order valence-electron chi connectivity index (χ0n) is 11.7. The van der Waals surface area contributed by atoms with E-state index >= 15 is 0 Å². The topological polar surface area (TPSA) is 99.9 Å². The first-order valence-corrected chi connectivity index (χ1v) is 6.08. The number of nitrogens with one attached hydrogen (secondary N) is 1. The number of likely N-dealkylation sites (N-methyl/N-ethyl adjacent to an activating group) is 1. The van der Waals surface area contributed by atoms with Gasteiger partial charge in [0.05, 0.1) is 6.26 Å². The number of furan rings is 1. The van der Waals surface area contributed by atoms with Gasteiger partial charge in [-0.1, -0.05) is 0 Å². The Morgan fingerprint density at radius 2 is 2.05 bits per heavy atom. The molecule has 0 saturated heterocycles. The molecule has 0 saturated carbocycles. The van der Waals surface area contributed by atoms with Crippen LogP contribution in [0.4, 0.5) is 0 Å². The Labute approximate surface area is 116 Å². The van der Waals surface area contributed by atoms with Gasteiger partial charge in [-0.05, 0) is 26.0 Å². The third-order valence-electron chi connectivity index (χ3n) is 3.11. The fraction of sp³-hybridized carbons (Fsp3) is 0.462. The van der Waals surface area contributed by atoms with E-state index in [2.05, 4.69) is 5.32 Å². The maximum Gasteiger partial charge on any atom is 0.329 e. The van der Waals surface area contributed by atoms with Crippen molar-refractivity contribution in [3.63, 3.8) is 0 Å². The molecule has 0 radical (unpaired) electrons. The SMILES string of the molecule is CN(C(=O)CCNC(=O)c1ccco1)C(C)(C)C(=O)O. The molecule has 2 amide bonds. The summed E-state index contributed by atoms with van der Waals surface area (Å²) in [7, 11) is 1.42. The van der Waals surface area contributed by atoms with E-state index in [4.69, 9.17) is 9.52 Å². The summed E-state index contributed by atoms with van der Waals surface area (Å²) in [5.41, 5.74) is -1.29. The van der Waals surface area contributed by atoms with Gasteiger partial charge in [0.2, 0.25) is 5.91 Å². The van der Waals surface area contributed by atoms with Crippen LogP contribution in [-0.4, -0.2) is 46.9 Å². The first-order valence-electron chi connectivity index (χ1n) is 6.08. The Hall–Kier alpha value is -2.31. The minimum absolute atomic E-state index is 0.0136. The number of hydrogen-bond donors (Lipinski definition) is 2. The fourth-order valence-electron chi connectivity index (χ4n) is 1.40. The molecule has 0 spiro atoms. The predicted molar refractivity (Wildman–Crippen MR) is 70.1 cm³/mol. The Morgan fingerprint density at radius 3 is 2.55 bits per heavy atom. The van der Waals surface area contributed by atoms with Gasteiger partial charge in [-0.2, -0.15) is 0 Å². The number of carboxylic acids is 1. The van der Waals surface area contributed by atoms with E-state index in [1.54, 1.807) is 6.07 Å². The summed E-state index contributed by atoms with van der Waals surface area (Å²) in [6, 6.07) is 3.10. The van der Waals surface area contributed by atoms with Crippen molar-refractivity contribution in [2.45, 2.75) is 25.8 Å². The minimum Gasteiger partial charge on any atom is -0.480 e. The van der Waals surface area contributed by atoms with E-state index < -0.39 is 17.4 Å². The van der Waals surface area contributed by atoms with Crippen LogP contribution < -0.4 is 5.32 Å². The molecule has 1 heterocycles. The zero-order chi connectivity index (χ0) is 15.3. The van der Waals surface area contributed by atoms with Crippen molar-refractivity contribution in [3.05, 3.63) is 24.2 Å². The van der Waals surface area contributed by atoms with Crippen molar-refractivity contribution in [1.29, 1.82) is 0 Å². The third-order valence-corrected chi connectivity index (χ3v) is 3.11. The number of nitrogens with zero attached hydrogens (tertiary/aromatic N) is 1. The van der Waals surface area contributed by atoms with Gasteiger partial charge in [0.1, 0.15) is 5.54 Å². The van der Waals surface area contributed by atoms with Gasteiger partial charge in [0.25, 0.3) is 5.91 Å². The van der Waals surface area contributed by atoms with E-state index in [0.29, 0.717) is 0 Å². The molecule has 7 heteroatoms. The third kappa shape index (κ3) is 3.59. The Morgan fingerprint density at radius 1 is 1.40 bits per heavy atom. The summed E-state index contributed by atoms with van der Waals surface area (Å²) in [6.07, 6.45) is 1.39. The summed E-state index contributed by atoms with van der Waals surface area (Å²) in [5, 5.41) is 11.5. The van der Waals surface area contributed by atoms with Crippen LogP contribution in [0.1, 0.15) is 30.8 Å². The molecule has 1 rings (SSSR count). The van der Waals surface area contributed by atoms with E-state index in [0.717, 1.165) is 4.90 Å². The summed E-state index contributed by atoms with van der Waals surface area (Å²) in [4.78, 5) is 35.6. The molecule has 0 aliphatic rings. The van der Waals surface area contributed by atoms with Gasteiger partial charge in [-0.25, -0.2) is 4.79 Å². The predicted octanol–water partition coefficient (Wildman–Crippen LogP) is 0.721. The second-order valence-corrected chi connectivity index (χ2v) is 4.80. The molecule has 110 valence electrons. The van der Waals surface area contributed by atoms with Gasteiger partial charge in [-0.15, -0.1) is 0 Å². The molecule has 0 aromatic carbocycles. The smallest absolute Gasteiger partial charge is 0.329 e. The minimum atomic E-state index is -1.29. The van der Waals surface area contributed by atoms with Crippen LogP contribution in [0.15, 0.2) is 22.8 Å². The highest BCUT2D eigenvalue weighted by Crippen LogP contribution is 2.13. The molecule has 2 N–H and O–H groups in total. The second kappa shape index (κ2) is 6.23. The van der Waals surface area contributed by atoms with Gasteiger partial charge in [0.15, 0.2) is 5.76 Å².